The molecular weight excluding hydrogens is 325 g/mol. The quantitative estimate of drug-likeness (QED) is 0.593. The number of thioether (sulfide) groups is 1. The molecule has 0 aliphatic carbocycles. The number of hydrogen-bond donors (Lipinski definition) is 0. The van der Waals surface area contributed by atoms with Gasteiger partial charge in [0.2, 0.25) is 5.89 Å². The largest absolute Gasteiger partial charge is 0.497 e. The summed E-state index contributed by atoms with van der Waals surface area (Å²) in [5.74, 6) is 1.92. The van der Waals surface area contributed by atoms with Crippen LogP contribution in [0.5, 0.6) is 5.75 Å². The van der Waals surface area contributed by atoms with Gasteiger partial charge in [0.1, 0.15) is 17.8 Å². The molecule has 3 rings (SSSR count). The third-order valence-electron chi connectivity index (χ3n) is 3.71. The molecule has 3 nitrogen and oxygen atoms in total. The maximum atomic E-state index is 13.0. The predicted molar refractivity (Wildman–Crippen MR) is 94.6 cm³/mol. The fraction of sp³-hybridized carbons (Fsp3) is 0.211. The molecule has 0 saturated carbocycles. The van der Waals surface area contributed by atoms with Crippen LogP contribution in [0.4, 0.5) is 4.39 Å². The van der Waals surface area contributed by atoms with Crippen LogP contribution in [0.3, 0.4) is 0 Å². The highest BCUT2D eigenvalue weighted by molar-refractivity contribution is 7.98. The second-order valence-electron chi connectivity index (χ2n) is 5.38. The lowest BCUT2D eigenvalue weighted by atomic mass is 10.2. The summed E-state index contributed by atoms with van der Waals surface area (Å²) in [4.78, 5) is 4.53. The van der Waals surface area contributed by atoms with Gasteiger partial charge in [0.25, 0.3) is 0 Å². The number of halogens is 1. The summed E-state index contributed by atoms with van der Waals surface area (Å²) in [6.07, 6.45) is 1.68. The van der Waals surface area contributed by atoms with Gasteiger partial charge in [0.05, 0.1) is 12.8 Å². The van der Waals surface area contributed by atoms with Gasteiger partial charge in [-0.05, 0) is 48.9 Å². The topological polar surface area (TPSA) is 35.3 Å². The molecule has 1 atom stereocenters. The monoisotopic (exact) mass is 343 g/mol. The molecule has 1 heterocycles. The molecule has 2 aromatic carbocycles. The van der Waals surface area contributed by atoms with Crippen molar-refractivity contribution in [3.05, 3.63) is 71.9 Å². The van der Waals surface area contributed by atoms with Crippen LogP contribution in [0.15, 0.2) is 59.2 Å². The fourth-order valence-electron chi connectivity index (χ4n) is 2.28. The summed E-state index contributed by atoms with van der Waals surface area (Å²) in [5.41, 5.74) is 2.90. The van der Waals surface area contributed by atoms with Crippen molar-refractivity contribution < 1.29 is 13.5 Å². The van der Waals surface area contributed by atoms with Crippen molar-refractivity contribution in [1.82, 2.24) is 4.98 Å². The van der Waals surface area contributed by atoms with Crippen molar-refractivity contribution in [3.63, 3.8) is 0 Å². The van der Waals surface area contributed by atoms with E-state index in [1.54, 1.807) is 25.1 Å². The van der Waals surface area contributed by atoms with E-state index in [1.807, 2.05) is 36.4 Å². The van der Waals surface area contributed by atoms with E-state index in [2.05, 4.69) is 11.9 Å². The Morgan fingerprint density at radius 2 is 1.83 bits per heavy atom. The van der Waals surface area contributed by atoms with Gasteiger partial charge in [0, 0.05) is 16.6 Å². The lowest BCUT2D eigenvalue weighted by Gasteiger charge is -2.10. The van der Waals surface area contributed by atoms with Crippen molar-refractivity contribution in [1.29, 1.82) is 0 Å². The van der Waals surface area contributed by atoms with Crippen molar-refractivity contribution in [3.8, 4) is 17.2 Å². The van der Waals surface area contributed by atoms with Crippen LogP contribution in [-0.2, 0) is 5.75 Å². The lowest BCUT2D eigenvalue weighted by Crippen LogP contribution is -1.90. The van der Waals surface area contributed by atoms with E-state index in [0.717, 1.165) is 28.3 Å². The van der Waals surface area contributed by atoms with Crippen LogP contribution >= 0.6 is 11.8 Å². The van der Waals surface area contributed by atoms with Crippen molar-refractivity contribution in [2.75, 3.05) is 7.11 Å². The van der Waals surface area contributed by atoms with Gasteiger partial charge < -0.3 is 9.15 Å². The predicted octanol–water partition coefficient (Wildman–Crippen LogP) is 5.48. The Kier molecular flexibility index (Phi) is 5.20. The summed E-state index contributed by atoms with van der Waals surface area (Å²) in [6, 6.07) is 14.2. The van der Waals surface area contributed by atoms with E-state index >= 15 is 0 Å². The first-order valence-electron chi connectivity index (χ1n) is 7.61. The molecule has 0 aliphatic heterocycles. The molecule has 24 heavy (non-hydrogen) atoms. The average Bonchev–Trinajstić information content (AvgIpc) is 3.09. The Morgan fingerprint density at radius 3 is 2.50 bits per heavy atom. The standard InChI is InChI=1S/C19H18FNO2S/c1-13(14-3-7-16(20)8-4-14)24-12-17-11-23-19(21-17)15-5-9-18(22-2)10-6-15/h3-11,13H,12H2,1-2H3. The second kappa shape index (κ2) is 7.53. The molecule has 0 spiro atoms. The first-order chi connectivity index (χ1) is 11.7. The van der Waals surface area contributed by atoms with E-state index in [0.29, 0.717) is 5.89 Å². The number of nitrogens with zero attached hydrogens (tertiary/aromatic N) is 1. The molecule has 0 radical (unpaired) electrons. The highest BCUT2D eigenvalue weighted by atomic mass is 32.2. The molecule has 5 heteroatoms. The van der Waals surface area contributed by atoms with Gasteiger partial charge in [-0.1, -0.05) is 12.1 Å². The number of hydrogen-bond acceptors (Lipinski definition) is 4. The van der Waals surface area contributed by atoms with E-state index in [9.17, 15) is 4.39 Å². The van der Waals surface area contributed by atoms with Crippen LogP contribution in [0.25, 0.3) is 11.5 Å². The van der Waals surface area contributed by atoms with E-state index in [-0.39, 0.29) is 11.1 Å². The van der Waals surface area contributed by atoms with Crippen LogP contribution in [0, 0.1) is 5.82 Å². The van der Waals surface area contributed by atoms with Crippen molar-refractivity contribution in [2.24, 2.45) is 0 Å². The minimum Gasteiger partial charge on any atom is -0.497 e. The van der Waals surface area contributed by atoms with Crippen LogP contribution in [-0.4, -0.2) is 12.1 Å². The summed E-state index contributed by atoms with van der Waals surface area (Å²) >= 11 is 1.74. The average molecular weight is 343 g/mol. The van der Waals surface area contributed by atoms with E-state index < -0.39 is 0 Å². The molecule has 3 aromatic rings. The van der Waals surface area contributed by atoms with Gasteiger partial charge in [-0.3, -0.25) is 0 Å². The molecule has 0 fully saturated rings. The van der Waals surface area contributed by atoms with Gasteiger partial charge in [-0.25, -0.2) is 9.37 Å². The summed E-state index contributed by atoms with van der Waals surface area (Å²) in [6.45, 7) is 2.10. The highest BCUT2D eigenvalue weighted by Crippen LogP contribution is 2.31. The number of ether oxygens (including phenoxy) is 1. The highest BCUT2D eigenvalue weighted by Gasteiger charge is 2.10. The molecule has 0 amide bonds. The molecule has 0 bridgehead atoms. The zero-order chi connectivity index (χ0) is 16.9. The van der Waals surface area contributed by atoms with E-state index in [1.165, 1.54) is 12.1 Å². The Hall–Kier alpha value is -2.27. The Labute approximate surface area is 144 Å². The Bertz CT molecular complexity index is 784. The summed E-state index contributed by atoms with van der Waals surface area (Å²) < 4.78 is 23.7. The van der Waals surface area contributed by atoms with Gasteiger partial charge in [0.15, 0.2) is 0 Å². The zero-order valence-corrected chi connectivity index (χ0v) is 14.3. The molecule has 0 aliphatic rings. The maximum absolute atomic E-state index is 13.0. The lowest BCUT2D eigenvalue weighted by molar-refractivity contribution is 0.415. The minimum atomic E-state index is -0.211. The smallest absolute Gasteiger partial charge is 0.226 e. The first-order valence-corrected chi connectivity index (χ1v) is 8.66. The number of benzene rings is 2. The van der Waals surface area contributed by atoms with Gasteiger partial charge in [-0.2, -0.15) is 0 Å². The molecular formula is C19H18FNO2S. The fourth-order valence-corrected chi connectivity index (χ4v) is 3.18. The maximum Gasteiger partial charge on any atom is 0.226 e. The van der Waals surface area contributed by atoms with E-state index in [4.69, 9.17) is 9.15 Å². The summed E-state index contributed by atoms with van der Waals surface area (Å²) in [5, 5.41) is 0.256. The summed E-state index contributed by atoms with van der Waals surface area (Å²) in [7, 11) is 1.64. The molecule has 1 aromatic heterocycles. The first kappa shape index (κ1) is 16.6. The Morgan fingerprint density at radius 1 is 1.12 bits per heavy atom. The van der Waals surface area contributed by atoms with Gasteiger partial charge in [-0.15, -0.1) is 11.8 Å². The third-order valence-corrected chi connectivity index (χ3v) is 4.94. The van der Waals surface area contributed by atoms with Gasteiger partial charge >= 0.3 is 0 Å². The number of oxazole rings is 1. The number of methoxy groups -OCH3 is 1. The van der Waals surface area contributed by atoms with Crippen molar-refractivity contribution >= 4 is 11.8 Å². The van der Waals surface area contributed by atoms with Crippen molar-refractivity contribution in [2.45, 2.75) is 17.9 Å². The van der Waals surface area contributed by atoms with Crippen LogP contribution in [0.2, 0.25) is 0 Å². The van der Waals surface area contributed by atoms with Crippen LogP contribution in [0.1, 0.15) is 23.4 Å². The Balaban J connectivity index is 1.62. The molecule has 1 unspecified atom stereocenters. The minimum absolute atomic E-state index is 0.211. The molecule has 0 N–H and O–H groups in total. The second-order valence-corrected chi connectivity index (χ2v) is 6.71. The van der Waals surface area contributed by atoms with Crippen LogP contribution < -0.4 is 4.74 Å². The zero-order valence-electron chi connectivity index (χ0n) is 13.5. The third kappa shape index (κ3) is 3.97. The SMILES string of the molecule is COc1ccc(-c2nc(CSC(C)c3ccc(F)cc3)co2)cc1. The number of rotatable bonds is 6. The normalized spacial score (nSPS) is 12.1. The molecule has 0 saturated heterocycles. The number of aromatic nitrogens is 1. The molecule has 124 valence electrons.